The molecule has 0 saturated carbocycles. The quantitative estimate of drug-likeness (QED) is 0.377. The number of carbonyl (C=O) groups is 2. The third-order valence-electron chi connectivity index (χ3n) is 3.13. The Bertz CT molecular complexity index is 1010. The second kappa shape index (κ2) is 8.11. The minimum atomic E-state index is -0.394. The first-order chi connectivity index (χ1) is 12.5. The van der Waals surface area contributed by atoms with E-state index in [0.29, 0.717) is 28.0 Å². The van der Waals surface area contributed by atoms with Crippen LogP contribution in [-0.4, -0.2) is 39.2 Å². The van der Waals surface area contributed by atoms with Crippen molar-refractivity contribution in [3.8, 4) is 0 Å². The number of nitrogens with one attached hydrogen (secondary N) is 2. The van der Waals surface area contributed by atoms with Gasteiger partial charge in [-0.05, 0) is 25.1 Å². The number of thiazole rings is 1. The number of nitrogens with zero attached hydrogens (tertiary/aromatic N) is 2. The average Bonchev–Trinajstić information content (AvgIpc) is 3.01. The van der Waals surface area contributed by atoms with Crippen molar-refractivity contribution in [2.75, 3.05) is 17.7 Å². The average molecular weight is 390 g/mol. The molecule has 0 fully saturated rings. The molecule has 8 nitrogen and oxygen atoms in total. The van der Waals surface area contributed by atoms with Crippen LogP contribution in [0.4, 0.5) is 5.13 Å². The molecule has 1 amide bonds. The fourth-order valence-corrected chi connectivity index (χ4v) is 3.60. The van der Waals surface area contributed by atoms with E-state index in [2.05, 4.69) is 20.3 Å². The number of thioether (sulfide) groups is 1. The van der Waals surface area contributed by atoms with Crippen LogP contribution in [0.1, 0.15) is 17.3 Å². The molecular formula is C16H14N4O4S2. The maximum Gasteiger partial charge on any atom is 0.338 e. The summed E-state index contributed by atoms with van der Waals surface area (Å²) in [6.07, 6.45) is 1.38. The molecule has 3 aromatic rings. The minimum absolute atomic E-state index is 0.0803. The monoisotopic (exact) mass is 390 g/mol. The van der Waals surface area contributed by atoms with Gasteiger partial charge in [-0.25, -0.2) is 14.8 Å². The number of anilines is 1. The van der Waals surface area contributed by atoms with E-state index in [4.69, 9.17) is 4.74 Å². The van der Waals surface area contributed by atoms with E-state index < -0.39 is 5.97 Å². The van der Waals surface area contributed by atoms with Crippen LogP contribution < -0.4 is 10.9 Å². The van der Waals surface area contributed by atoms with Crippen molar-refractivity contribution in [2.24, 2.45) is 0 Å². The van der Waals surface area contributed by atoms with E-state index in [9.17, 15) is 14.4 Å². The van der Waals surface area contributed by atoms with E-state index >= 15 is 0 Å². The Morgan fingerprint density at radius 3 is 2.96 bits per heavy atom. The zero-order valence-electron chi connectivity index (χ0n) is 13.6. The smallest absolute Gasteiger partial charge is 0.338 e. The zero-order valence-corrected chi connectivity index (χ0v) is 15.3. The molecule has 2 heterocycles. The fourth-order valence-electron chi connectivity index (χ4n) is 2.03. The lowest BCUT2D eigenvalue weighted by Crippen LogP contribution is -2.14. The Morgan fingerprint density at radius 1 is 1.35 bits per heavy atom. The molecule has 2 N–H and O–H groups in total. The van der Waals surface area contributed by atoms with E-state index in [1.807, 2.05) is 0 Å². The number of carbonyl (C=O) groups excluding carboxylic acids is 2. The highest BCUT2D eigenvalue weighted by molar-refractivity contribution is 7.99. The van der Waals surface area contributed by atoms with Crippen LogP contribution >= 0.6 is 23.1 Å². The van der Waals surface area contributed by atoms with Crippen molar-refractivity contribution >= 4 is 50.3 Å². The molecule has 0 saturated heterocycles. The first-order valence-electron chi connectivity index (χ1n) is 7.61. The van der Waals surface area contributed by atoms with Crippen LogP contribution in [0.25, 0.3) is 10.2 Å². The molecule has 0 radical (unpaired) electrons. The molecule has 0 unspecified atom stereocenters. The normalized spacial score (nSPS) is 10.7. The summed E-state index contributed by atoms with van der Waals surface area (Å²) in [7, 11) is 0. The van der Waals surface area contributed by atoms with Crippen molar-refractivity contribution in [1.29, 1.82) is 0 Å². The predicted molar refractivity (Wildman–Crippen MR) is 99.8 cm³/mol. The third-order valence-corrected chi connectivity index (χ3v) is 4.95. The van der Waals surface area contributed by atoms with Crippen molar-refractivity contribution in [3.63, 3.8) is 0 Å². The van der Waals surface area contributed by atoms with Gasteiger partial charge in [-0.3, -0.25) is 9.59 Å². The Hall–Kier alpha value is -2.72. The largest absolute Gasteiger partial charge is 0.462 e. The third kappa shape index (κ3) is 4.46. The Kier molecular flexibility index (Phi) is 5.64. The number of aromatic amines is 1. The first kappa shape index (κ1) is 18.1. The molecule has 134 valence electrons. The summed E-state index contributed by atoms with van der Waals surface area (Å²) in [5.74, 6) is -0.586. The molecule has 1 aromatic carbocycles. The topological polar surface area (TPSA) is 114 Å². The van der Waals surface area contributed by atoms with E-state index in [-0.39, 0.29) is 17.2 Å². The van der Waals surface area contributed by atoms with E-state index in [1.165, 1.54) is 23.6 Å². The highest BCUT2D eigenvalue weighted by atomic mass is 32.2. The molecule has 3 rings (SSSR count). The van der Waals surface area contributed by atoms with Gasteiger partial charge in [-0.1, -0.05) is 23.1 Å². The molecule has 0 spiro atoms. The van der Waals surface area contributed by atoms with Crippen molar-refractivity contribution in [3.05, 3.63) is 46.4 Å². The number of esters is 1. The Balaban J connectivity index is 1.65. The lowest BCUT2D eigenvalue weighted by atomic mass is 10.2. The van der Waals surface area contributed by atoms with Gasteiger partial charge in [0.15, 0.2) is 10.3 Å². The highest BCUT2D eigenvalue weighted by Crippen LogP contribution is 2.27. The number of amides is 1. The maximum absolute atomic E-state index is 12.0. The predicted octanol–water partition coefficient (Wildman–Crippen LogP) is 2.29. The van der Waals surface area contributed by atoms with Gasteiger partial charge in [-0.15, -0.1) is 0 Å². The van der Waals surface area contributed by atoms with Gasteiger partial charge in [0.05, 0.1) is 28.1 Å². The van der Waals surface area contributed by atoms with Crippen LogP contribution in [0.3, 0.4) is 0 Å². The van der Waals surface area contributed by atoms with Gasteiger partial charge in [0, 0.05) is 12.3 Å². The summed E-state index contributed by atoms with van der Waals surface area (Å²) in [5, 5.41) is 3.50. The number of ether oxygens (including phenoxy) is 1. The second-order valence-corrected chi connectivity index (χ2v) is 6.99. The van der Waals surface area contributed by atoms with Gasteiger partial charge in [0.2, 0.25) is 5.91 Å². The zero-order chi connectivity index (χ0) is 18.5. The summed E-state index contributed by atoms with van der Waals surface area (Å²) in [4.78, 5) is 45.8. The van der Waals surface area contributed by atoms with Gasteiger partial charge in [-0.2, -0.15) is 0 Å². The minimum Gasteiger partial charge on any atom is -0.462 e. The van der Waals surface area contributed by atoms with Crippen molar-refractivity contribution in [2.45, 2.75) is 12.1 Å². The molecule has 0 atom stereocenters. The molecule has 0 bridgehead atoms. The number of hydrogen-bond donors (Lipinski definition) is 2. The fraction of sp³-hybridized carbons (Fsp3) is 0.188. The first-order valence-corrected chi connectivity index (χ1v) is 9.41. The van der Waals surface area contributed by atoms with E-state index in [1.54, 1.807) is 25.1 Å². The Morgan fingerprint density at radius 2 is 2.19 bits per heavy atom. The van der Waals surface area contributed by atoms with Gasteiger partial charge >= 0.3 is 5.97 Å². The number of aromatic nitrogens is 3. The van der Waals surface area contributed by atoms with Crippen LogP contribution in [0.15, 0.2) is 40.4 Å². The van der Waals surface area contributed by atoms with Crippen LogP contribution in [-0.2, 0) is 9.53 Å². The number of benzene rings is 1. The Labute approximate surface area is 156 Å². The lowest BCUT2D eigenvalue weighted by Gasteiger charge is -2.00. The molecule has 0 aliphatic heterocycles. The molecule has 0 aliphatic rings. The van der Waals surface area contributed by atoms with Crippen LogP contribution in [0.5, 0.6) is 0 Å². The van der Waals surface area contributed by atoms with Crippen molar-refractivity contribution < 1.29 is 14.3 Å². The molecule has 2 aromatic heterocycles. The standard InChI is InChI=1S/C16H14N4O4S2/c1-2-24-14(23)9-3-4-10-11(7-9)26-16(18-10)20-13(22)8-25-15-17-6-5-12(21)19-15/h3-7H,2,8H2,1H3,(H,17,19,21)(H,18,20,22). The maximum atomic E-state index is 12.0. The number of H-pyrrole nitrogens is 1. The van der Waals surface area contributed by atoms with Crippen LogP contribution in [0, 0.1) is 0 Å². The molecule has 10 heteroatoms. The summed E-state index contributed by atoms with van der Waals surface area (Å²) in [5.41, 5.74) is 0.849. The lowest BCUT2D eigenvalue weighted by molar-refractivity contribution is -0.113. The number of rotatable bonds is 6. The highest BCUT2D eigenvalue weighted by Gasteiger charge is 2.12. The van der Waals surface area contributed by atoms with Gasteiger partial charge in [0.1, 0.15) is 0 Å². The summed E-state index contributed by atoms with van der Waals surface area (Å²) in [6.45, 7) is 2.05. The SMILES string of the molecule is CCOC(=O)c1ccc2nc(NC(=O)CSc3nccc(=O)[nH]3)sc2c1. The van der Waals surface area contributed by atoms with E-state index in [0.717, 1.165) is 16.5 Å². The summed E-state index contributed by atoms with van der Waals surface area (Å²) in [6, 6.07) is 6.34. The number of hydrogen-bond acceptors (Lipinski definition) is 8. The molecule has 0 aliphatic carbocycles. The number of fused-ring (bicyclic) bond motifs is 1. The molecular weight excluding hydrogens is 376 g/mol. The summed E-state index contributed by atoms with van der Waals surface area (Å²) < 4.78 is 5.74. The van der Waals surface area contributed by atoms with Gasteiger partial charge < -0.3 is 15.0 Å². The van der Waals surface area contributed by atoms with Gasteiger partial charge in [0.25, 0.3) is 5.56 Å². The van der Waals surface area contributed by atoms with Crippen molar-refractivity contribution in [1.82, 2.24) is 15.0 Å². The molecule has 26 heavy (non-hydrogen) atoms. The van der Waals surface area contributed by atoms with Crippen LogP contribution in [0.2, 0.25) is 0 Å². The summed E-state index contributed by atoms with van der Waals surface area (Å²) >= 11 is 2.38. The second-order valence-electron chi connectivity index (χ2n) is 5.00.